The van der Waals surface area contributed by atoms with Gasteiger partial charge in [0.05, 0.1) is 27.6 Å². The zero-order chi connectivity index (χ0) is 16.4. The van der Waals surface area contributed by atoms with Crippen LogP contribution in [0, 0.1) is 6.92 Å². The van der Waals surface area contributed by atoms with Crippen molar-refractivity contribution >= 4 is 40.9 Å². The molecule has 0 spiro atoms. The number of carbonyl (C=O) groups is 3. The molecule has 0 saturated heterocycles. The Morgan fingerprint density at radius 1 is 1.26 bits per heavy atom. The molecule has 118 valence electrons. The minimum absolute atomic E-state index is 0.0317. The average molecular weight is 348 g/mol. The van der Waals surface area contributed by atoms with Crippen molar-refractivity contribution in [1.29, 1.82) is 0 Å². The quantitative estimate of drug-likeness (QED) is 0.773. The molecule has 2 aromatic rings. The number of thioether (sulfide) groups is 1. The van der Waals surface area contributed by atoms with Crippen LogP contribution in [0.5, 0.6) is 0 Å². The number of fused-ring (bicyclic) bond motifs is 1. The van der Waals surface area contributed by atoms with E-state index >= 15 is 0 Å². The molecule has 0 radical (unpaired) electrons. The van der Waals surface area contributed by atoms with Crippen molar-refractivity contribution in [1.82, 2.24) is 10.0 Å². The van der Waals surface area contributed by atoms with Gasteiger partial charge in [-0.25, -0.2) is 9.78 Å². The molecule has 8 heteroatoms. The van der Waals surface area contributed by atoms with Gasteiger partial charge in [0.15, 0.2) is 0 Å². The average Bonchev–Trinajstić information content (AvgIpc) is 3.05. The highest BCUT2D eigenvalue weighted by molar-refractivity contribution is 7.99. The molecule has 1 aromatic carbocycles. The molecule has 0 N–H and O–H groups in total. The molecule has 23 heavy (non-hydrogen) atoms. The number of aromatic nitrogens is 1. The van der Waals surface area contributed by atoms with Gasteiger partial charge in [-0.1, -0.05) is 17.2 Å². The summed E-state index contributed by atoms with van der Waals surface area (Å²) in [7, 11) is 0. The van der Waals surface area contributed by atoms with Crippen LogP contribution in [0.3, 0.4) is 0 Å². The van der Waals surface area contributed by atoms with E-state index in [1.165, 1.54) is 23.9 Å². The number of rotatable bonds is 5. The van der Waals surface area contributed by atoms with Gasteiger partial charge in [0.2, 0.25) is 0 Å². The van der Waals surface area contributed by atoms with Gasteiger partial charge in [-0.2, -0.15) is 0 Å². The van der Waals surface area contributed by atoms with Gasteiger partial charge < -0.3 is 4.84 Å². The van der Waals surface area contributed by atoms with Crippen molar-refractivity contribution in [3.05, 3.63) is 51.5 Å². The van der Waals surface area contributed by atoms with E-state index in [1.54, 1.807) is 23.5 Å². The number of benzene rings is 1. The highest BCUT2D eigenvalue weighted by Gasteiger charge is 2.38. The molecule has 3 rings (SSSR count). The van der Waals surface area contributed by atoms with Crippen LogP contribution < -0.4 is 0 Å². The van der Waals surface area contributed by atoms with Crippen molar-refractivity contribution in [2.75, 3.05) is 5.75 Å². The molecule has 0 bridgehead atoms. The minimum atomic E-state index is -0.642. The summed E-state index contributed by atoms with van der Waals surface area (Å²) in [4.78, 5) is 45.1. The van der Waals surface area contributed by atoms with Crippen LogP contribution in [0.2, 0.25) is 0 Å². The van der Waals surface area contributed by atoms with Gasteiger partial charge in [-0.15, -0.1) is 23.1 Å². The zero-order valence-electron chi connectivity index (χ0n) is 12.1. The van der Waals surface area contributed by atoms with Gasteiger partial charge >= 0.3 is 5.97 Å². The highest BCUT2D eigenvalue weighted by Crippen LogP contribution is 2.23. The van der Waals surface area contributed by atoms with E-state index in [9.17, 15) is 14.4 Å². The van der Waals surface area contributed by atoms with Crippen LogP contribution in [-0.4, -0.2) is 33.6 Å². The maximum atomic E-state index is 12.1. The number of imide groups is 1. The Bertz CT molecular complexity index is 752. The van der Waals surface area contributed by atoms with Crippen LogP contribution >= 0.6 is 23.1 Å². The van der Waals surface area contributed by atoms with Crippen molar-refractivity contribution in [3.8, 4) is 0 Å². The third-order valence-corrected chi connectivity index (χ3v) is 4.85. The largest absolute Gasteiger partial charge is 0.343 e. The standard InChI is InChI=1S/C15H12N2O4S2/c1-9-16-10(7-23-9)6-22-8-13(18)21-17-14(19)11-4-2-3-5-12(11)15(17)20/h2-5,7H,6,8H2,1H3. The Kier molecular flexibility index (Phi) is 4.44. The minimum Gasteiger partial charge on any atom is -0.329 e. The predicted octanol–water partition coefficient (Wildman–Crippen LogP) is 2.44. The summed E-state index contributed by atoms with van der Waals surface area (Å²) in [5.41, 5.74) is 1.39. The van der Waals surface area contributed by atoms with E-state index in [4.69, 9.17) is 4.84 Å². The fraction of sp³-hybridized carbons (Fsp3) is 0.200. The third kappa shape index (κ3) is 3.27. The molecule has 0 saturated carbocycles. The normalized spacial score (nSPS) is 13.3. The van der Waals surface area contributed by atoms with Gasteiger partial charge in [-0.05, 0) is 19.1 Å². The summed E-state index contributed by atoms with van der Waals surface area (Å²) in [5.74, 6) is -1.26. The molecule has 2 amide bonds. The lowest BCUT2D eigenvalue weighted by atomic mass is 10.1. The summed E-state index contributed by atoms with van der Waals surface area (Å²) >= 11 is 2.86. The van der Waals surface area contributed by atoms with E-state index in [-0.39, 0.29) is 16.9 Å². The first-order valence-corrected chi connectivity index (χ1v) is 8.77. The van der Waals surface area contributed by atoms with Gasteiger partial charge in [0.25, 0.3) is 11.8 Å². The fourth-order valence-corrected chi connectivity index (χ4v) is 3.49. The summed E-state index contributed by atoms with van der Waals surface area (Å²) in [6, 6.07) is 6.37. The molecule has 0 unspecified atom stereocenters. The number of amides is 2. The number of hydroxylamine groups is 2. The predicted molar refractivity (Wildman–Crippen MR) is 86.0 cm³/mol. The van der Waals surface area contributed by atoms with Gasteiger partial charge in [0.1, 0.15) is 0 Å². The summed E-state index contributed by atoms with van der Waals surface area (Å²) < 4.78 is 0. The molecule has 0 atom stereocenters. The Hall–Kier alpha value is -2.19. The van der Waals surface area contributed by atoms with Crippen LogP contribution in [0.15, 0.2) is 29.6 Å². The molecule has 6 nitrogen and oxygen atoms in total. The monoisotopic (exact) mass is 348 g/mol. The summed E-state index contributed by atoms with van der Waals surface area (Å²) in [6.45, 7) is 1.91. The Morgan fingerprint density at radius 2 is 1.91 bits per heavy atom. The molecular formula is C15H12N2O4S2. The van der Waals surface area contributed by atoms with E-state index in [0.29, 0.717) is 10.8 Å². The second-order valence-corrected chi connectivity index (χ2v) is 6.81. The lowest BCUT2D eigenvalue weighted by molar-refractivity contribution is -0.165. The Balaban J connectivity index is 1.54. The molecule has 1 aliphatic heterocycles. The van der Waals surface area contributed by atoms with Crippen LogP contribution in [-0.2, 0) is 15.4 Å². The van der Waals surface area contributed by atoms with Crippen molar-refractivity contribution in [2.24, 2.45) is 0 Å². The highest BCUT2D eigenvalue weighted by atomic mass is 32.2. The van der Waals surface area contributed by atoms with Crippen LogP contribution in [0.25, 0.3) is 0 Å². The SMILES string of the molecule is Cc1nc(CSCC(=O)ON2C(=O)c3ccccc3C2=O)cs1. The van der Waals surface area contributed by atoms with Crippen LogP contribution in [0.1, 0.15) is 31.4 Å². The number of nitrogens with zero attached hydrogens (tertiary/aromatic N) is 2. The lowest BCUT2D eigenvalue weighted by Crippen LogP contribution is -2.33. The van der Waals surface area contributed by atoms with Crippen LogP contribution in [0.4, 0.5) is 0 Å². The maximum absolute atomic E-state index is 12.1. The molecular weight excluding hydrogens is 336 g/mol. The Labute approximate surface area is 140 Å². The third-order valence-electron chi connectivity index (χ3n) is 3.09. The summed E-state index contributed by atoms with van der Waals surface area (Å²) in [5, 5.41) is 3.42. The first-order valence-electron chi connectivity index (χ1n) is 6.73. The first kappa shape index (κ1) is 15.7. The smallest absolute Gasteiger partial charge is 0.329 e. The van der Waals surface area contributed by atoms with Gasteiger partial charge in [-0.3, -0.25) is 9.59 Å². The van der Waals surface area contributed by atoms with E-state index in [0.717, 1.165) is 10.7 Å². The number of hydrogen-bond acceptors (Lipinski definition) is 7. The zero-order valence-corrected chi connectivity index (χ0v) is 13.8. The maximum Gasteiger partial charge on any atom is 0.343 e. The van der Waals surface area contributed by atoms with E-state index < -0.39 is 17.8 Å². The number of carbonyl (C=O) groups excluding carboxylic acids is 3. The molecule has 1 aliphatic rings. The second kappa shape index (κ2) is 6.51. The second-order valence-electron chi connectivity index (χ2n) is 4.76. The topological polar surface area (TPSA) is 76.6 Å². The number of aryl methyl sites for hydroxylation is 1. The van der Waals surface area contributed by atoms with Crippen molar-refractivity contribution in [2.45, 2.75) is 12.7 Å². The summed E-state index contributed by atoms with van der Waals surface area (Å²) in [6.07, 6.45) is 0. The van der Waals surface area contributed by atoms with E-state index in [2.05, 4.69) is 4.98 Å². The molecule has 2 heterocycles. The molecule has 0 fully saturated rings. The molecule has 1 aromatic heterocycles. The van der Waals surface area contributed by atoms with Crippen molar-refractivity contribution < 1.29 is 19.2 Å². The lowest BCUT2D eigenvalue weighted by Gasteiger charge is -2.12. The fourth-order valence-electron chi connectivity index (χ4n) is 2.09. The Morgan fingerprint density at radius 3 is 2.48 bits per heavy atom. The molecule has 0 aliphatic carbocycles. The number of hydrogen-bond donors (Lipinski definition) is 0. The first-order chi connectivity index (χ1) is 11.1. The van der Waals surface area contributed by atoms with Crippen molar-refractivity contribution in [3.63, 3.8) is 0 Å². The number of thiazole rings is 1. The van der Waals surface area contributed by atoms with Gasteiger partial charge in [0, 0.05) is 11.1 Å². The van der Waals surface area contributed by atoms with E-state index in [1.807, 2.05) is 12.3 Å².